The summed E-state index contributed by atoms with van der Waals surface area (Å²) < 4.78 is 0. The molecule has 0 amide bonds. The number of nitrogens with zero attached hydrogens (tertiary/aromatic N) is 2. The Labute approximate surface area is 173 Å². The van der Waals surface area contributed by atoms with Crippen LogP contribution in [0.5, 0.6) is 0 Å². The van der Waals surface area contributed by atoms with Crippen molar-refractivity contribution in [3.8, 4) is 0 Å². The number of hydrogen-bond donors (Lipinski definition) is 2. The zero-order valence-electron chi connectivity index (χ0n) is 15.3. The van der Waals surface area contributed by atoms with Crippen molar-refractivity contribution in [2.75, 3.05) is 0 Å². The highest BCUT2D eigenvalue weighted by Gasteiger charge is 2.10. The van der Waals surface area contributed by atoms with Crippen LogP contribution in [-0.2, 0) is 0 Å². The Kier molecular flexibility index (Phi) is 5.27. The molecule has 1 aromatic heterocycles. The Morgan fingerprint density at radius 1 is 0.621 bits per heavy atom. The Morgan fingerprint density at radius 2 is 1.07 bits per heavy atom. The zero-order valence-corrected chi connectivity index (χ0v) is 16.1. The maximum Gasteiger partial charge on any atom is 0.125 e. The first-order valence-corrected chi connectivity index (χ1v) is 9.37. The third kappa shape index (κ3) is 4.28. The first-order valence-electron chi connectivity index (χ1n) is 8.99. The summed E-state index contributed by atoms with van der Waals surface area (Å²) in [5.41, 5.74) is 3.55. The van der Waals surface area contributed by atoms with Gasteiger partial charge in [-0.25, -0.2) is 9.97 Å². The number of aromatic nitrogens is 2. The number of fused-ring (bicyclic) bond motifs is 1. The fourth-order valence-corrected chi connectivity index (χ4v) is 3.02. The predicted octanol–water partition coefficient (Wildman–Crippen LogP) is 6.40. The number of benzene rings is 3. The van der Waals surface area contributed by atoms with Gasteiger partial charge >= 0.3 is 0 Å². The molecule has 0 radical (unpaired) electrons. The molecule has 0 unspecified atom stereocenters. The topological polar surface area (TPSA) is 66.2 Å². The molecule has 142 valence electrons. The van der Waals surface area contributed by atoms with Crippen molar-refractivity contribution in [1.29, 1.82) is 0 Å². The molecule has 3 aromatic carbocycles. The van der Waals surface area contributed by atoms with Crippen molar-refractivity contribution < 1.29 is 10.2 Å². The second-order valence-electron chi connectivity index (χ2n) is 6.41. The van der Waals surface area contributed by atoms with Crippen molar-refractivity contribution in [2.24, 2.45) is 0 Å². The minimum absolute atomic E-state index is 0.0279. The second kappa shape index (κ2) is 8.17. The molecule has 0 aliphatic rings. The number of aliphatic hydroxyl groups excluding tert-OH is 2. The number of aliphatic hydroxyl groups is 2. The predicted molar refractivity (Wildman–Crippen MR) is 118 cm³/mol. The second-order valence-corrected chi connectivity index (χ2v) is 6.85. The molecular formula is C24H17ClN2O2. The van der Waals surface area contributed by atoms with Gasteiger partial charge in [0.2, 0.25) is 0 Å². The molecule has 0 aliphatic carbocycles. The highest BCUT2D eigenvalue weighted by molar-refractivity contribution is 6.30. The number of para-hydroxylation sites is 2. The van der Waals surface area contributed by atoms with E-state index in [9.17, 15) is 10.2 Å². The van der Waals surface area contributed by atoms with E-state index in [0.717, 1.165) is 0 Å². The van der Waals surface area contributed by atoms with Gasteiger partial charge in [0.25, 0.3) is 0 Å². The molecular weight excluding hydrogens is 384 g/mol. The molecule has 4 nitrogen and oxygen atoms in total. The van der Waals surface area contributed by atoms with Crippen LogP contribution in [0.2, 0.25) is 5.02 Å². The first kappa shape index (κ1) is 18.7. The van der Waals surface area contributed by atoms with Gasteiger partial charge in [0, 0.05) is 28.3 Å². The monoisotopic (exact) mass is 400 g/mol. The molecule has 0 bridgehead atoms. The van der Waals surface area contributed by atoms with Crippen molar-refractivity contribution >= 4 is 46.3 Å². The molecule has 5 heteroatoms. The van der Waals surface area contributed by atoms with Gasteiger partial charge in [-0.05, 0) is 36.4 Å². The third-order valence-corrected chi connectivity index (χ3v) is 4.63. The SMILES string of the molecule is O/C(=C\c1nc2ccccc2nc1/C=C(/O)c1ccccc1)c1ccc(Cl)cc1. The van der Waals surface area contributed by atoms with Crippen LogP contribution in [-0.4, -0.2) is 20.2 Å². The van der Waals surface area contributed by atoms with E-state index in [1.165, 1.54) is 6.08 Å². The summed E-state index contributed by atoms with van der Waals surface area (Å²) in [7, 11) is 0. The highest BCUT2D eigenvalue weighted by atomic mass is 35.5. The average Bonchev–Trinajstić information content (AvgIpc) is 2.75. The third-order valence-electron chi connectivity index (χ3n) is 4.38. The normalized spacial score (nSPS) is 12.3. The fourth-order valence-electron chi connectivity index (χ4n) is 2.90. The van der Waals surface area contributed by atoms with Crippen LogP contribution >= 0.6 is 11.6 Å². The largest absolute Gasteiger partial charge is 0.507 e. The van der Waals surface area contributed by atoms with E-state index in [1.54, 1.807) is 42.5 Å². The van der Waals surface area contributed by atoms with Crippen molar-refractivity contribution in [1.82, 2.24) is 9.97 Å². The lowest BCUT2D eigenvalue weighted by Gasteiger charge is -2.07. The summed E-state index contributed by atoms with van der Waals surface area (Å²) >= 11 is 5.92. The fraction of sp³-hybridized carbons (Fsp3) is 0. The van der Waals surface area contributed by atoms with Crippen molar-refractivity contribution in [3.63, 3.8) is 0 Å². The van der Waals surface area contributed by atoms with Crippen LogP contribution in [0, 0.1) is 0 Å². The Balaban J connectivity index is 1.84. The van der Waals surface area contributed by atoms with Gasteiger partial charge in [-0.2, -0.15) is 0 Å². The molecule has 29 heavy (non-hydrogen) atoms. The van der Waals surface area contributed by atoms with Gasteiger partial charge in [0.1, 0.15) is 11.5 Å². The molecule has 0 spiro atoms. The molecule has 4 rings (SSSR count). The molecule has 0 aliphatic heterocycles. The minimum Gasteiger partial charge on any atom is -0.507 e. The maximum atomic E-state index is 10.6. The summed E-state index contributed by atoms with van der Waals surface area (Å²) in [5, 5.41) is 21.7. The van der Waals surface area contributed by atoms with E-state index >= 15 is 0 Å². The van der Waals surface area contributed by atoms with Gasteiger partial charge in [-0.1, -0.05) is 54.1 Å². The molecule has 2 N–H and O–H groups in total. The lowest BCUT2D eigenvalue weighted by atomic mass is 10.1. The Hall–Kier alpha value is -3.63. The lowest BCUT2D eigenvalue weighted by molar-refractivity contribution is 0.514. The van der Waals surface area contributed by atoms with Crippen LogP contribution < -0.4 is 0 Å². The average molecular weight is 401 g/mol. The maximum absolute atomic E-state index is 10.6. The smallest absolute Gasteiger partial charge is 0.125 e. The van der Waals surface area contributed by atoms with Crippen LogP contribution in [0.15, 0.2) is 78.9 Å². The van der Waals surface area contributed by atoms with E-state index in [1.807, 2.05) is 42.5 Å². The minimum atomic E-state index is 0.0279. The summed E-state index contributed by atoms with van der Waals surface area (Å²) in [6, 6.07) is 23.5. The number of rotatable bonds is 4. The van der Waals surface area contributed by atoms with E-state index < -0.39 is 0 Å². The summed E-state index contributed by atoms with van der Waals surface area (Å²) in [6.45, 7) is 0. The summed E-state index contributed by atoms with van der Waals surface area (Å²) in [6.07, 6.45) is 3.09. The van der Waals surface area contributed by atoms with Crippen molar-refractivity contribution in [2.45, 2.75) is 0 Å². The first-order chi connectivity index (χ1) is 14.1. The van der Waals surface area contributed by atoms with E-state index in [4.69, 9.17) is 11.6 Å². The number of hydrogen-bond acceptors (Lipinski definition) is 4. The van der Waals surface area contributed by atoms with Crippen LogP contribution in [0.3, 0.4) is 0 Å². The summed E-state index contributed by atoms with van der Waals surface area (Å²) in [4.78, 5) is 9.25. The van der Waals surface area contributed by atoms with Crippen LogP contribution in [0.1, 0.15) is 22.5 Å². The molecule has 0 saturated carbocycles. The summed E-state index contributed by atoms with van der Waals surface area (Å²) in [5.74, 6) is 0.0934. The van der Waals surface area contributed by atoms with Gasteiger partial charge in [0.05, 0.1) is 22.4 Å². The van der Waals surface area contributed by atoms with E-state index in [-0.39, 0.29) is 11.5 Å². The quantitative estimate of drug-likeness (QED) is 0.389. The van der Waals surface area contributed by atoms with E-state index in [0.29, 0.717) is 38.6 Å². The molecule has 1 heterocycles. The zero-order chi connectivity index (χ0) is 20.2. The van der Waals surface area contributed by atoms with E-state index in [2.05, 4.69) is 9.97 Å². The molecule has 4 aromatic rings. The van der Waals surface area contributed by atoms with Gasteiger partial charge in [0.15, 0.2) is 0 Å². The van der Waals surface area contributed by atoms with Crippen molar-refractivity contribution in [3.05, 3.63) is 106 Å². The molecule has 0 fully saturated rings. The van der Waals surface area contributed by atoms with Gasteiger partial charge < -0.3 is 10.2 Å². The molecule has 0 saturated heterocycles. The standard InChI is InChI=1S/C24H17ClN2O2/c25-18-12-10-17(11-13-18)24(29)15-22-21(14-23(28)16-6-2-1-3-7-16)26-19-8-4-5-9-20(19)27-22/h1-15,28-29H/b23-14+,24-15-. The van der Waals surface area contributed by atoms with Crippen LogP contribution in [0.4, 0.5) is 0 Å². The lowest BCUT2D eigenvalue weighted by Crippen LogP contribution is -1.96. The highest BCUT2D eigenvalue weighted by Crippen LogP contribution is 2.23. The Morgan fingerprint density at radius 3 is 1.59 bits per heavy atom. The Bertz CT molecular complexity index is 1220. The van der Waals surface area contributed by atoms with Gasteiger partial charge in [-0.15, -0.1) is 0 Å². The van der Waals surface area contributed by atoms with Gasteiger partial charge in [-0.3, -0.25) is 0 Å². The molecule has 0 atom stereocenters. The number of halogens is 1. The van der Waals surface area contributed by atoms with Crippen LogP contribution in [0.25, 0.3) is 34.7 Å².